The molecule has 0 spiro atoms. The van der Waals surface area contributed by atoms with E-state index in [0.717, 1.165) is 30.2 Å². The Bertz CT molecular complexity index is 240. The van der Waals surface area contributed by atoms with Crippen molar-refractivity contribution in [3.63, 3.8) is 0 Å². The van der Waals surface area contributed by atoms with Gasteiger partial charge in [-0.1, -0.05) is 20.3 Å². The van der Waals surface area contributed by atoms with E-state index >= 15 is 0 Å². The molecule has 0 atom stereocenters. The second-order valence-corrected chi connectivity index (χ2v) is 3.07. The van der Waals surface area contributed by atoms with Crippen LogP contribution in [0.3, 0.4) is 0 Å². The highest BCUT2D eigenvalue weighted by molar-refractivity contribution is 5.07. The smallest absolute Gasteiger partial charge is 0.194 e. The molecule has 2 heteroatoms. The third kappa shape index (κ3) is 2.10. The maximum atomic E-state index is 5.55. The minimum atomic E-state index is 0.909. The van der Waals surface area contributed by atoms with Crippen LogP contribution in [0.25, 0.3) is 0 Å². The summed E-state index contributed by atoms with van der Waals surface area (Å²) in [6.07, 6.45) is 4.30. The first kappa shape index (κ1) is 9.30. The number of unbranched alkanes of at least 4 members (excludes halogenated alkanes) is 1. The molecule has 1 rings (SSSR count). The zero-order valence-corrected chi connectivity index (χ0v) is 8.18. The third-order valence-corrected chi connectivity index (χ3v) is 2.00. The summed E-state index contributed by atoms with van der Waals surface area (Å²) in [7, 11) is 0. The molecule has 0 radical (unpaired) electrons. The van der Waals surface area contributed by atoms with Gasteiger partial charge in [-0.25, -0.2) is 4.98 Å². The van der Waals surface area contributed by atoms with Crippen LogP contribution in [0.2, 0.25) is 0 Å². The van der Waals surface area contributed by atoms with Crippen LogP contribution in [-0.2, 0) is 12.8 Å². The second kappa shape index (κ2) is 4.29. The maximum absolute atomic E-state index is 5.55. The quantitative estimate of drug-likeness (QED) is 0.689. The molecule has 12 heavy (non-hydrogen) atoms. The van der Waals surface area contributed by atoms with Crippen LogP contribution in [0.5, 0.6) is 0 Å². The minimum Gasteiger partial charge on any atom is -0.445 e. The monoisotopic (exact) mass is 167 g/mol. The molecule has 68 valence electrons. The highest BCUT2D eigenvalue weighted by atomic mass is 16.4. The van der Waals surface area contributed by atoms with Crippen LogP contribution in [0.15, 0.2) is 4.42 Å². The zero-order valence-electron chi connectivity index (χ0n) is 8.18. The van der Waals surface area contributed by atoms with Gasteiger partial charge in [0.05, 0.1) is 5.69 Å². The van der Waals surface area contributed by atoms with Crippen LogP contribution < -0.4 is 0 Å². The van der Waals surface area contributed by atoms with Crippen molar-refractivity contribution in [2.24, 2.45) is 0 Å². The van der Waals surface area contributed by atoms with Crippen molar-refractivity contribution in [3.05, 3.63) is 17.3 Å². The largest absolute Gasteiger partial charge is 0.445 e. The summed E-state index contributed by atoms with van der Waals surface area (Å²) in [6.45, 7) is 6.28. The fourth-order valence-corrected chi connectivity index (χ4v) is 1.25. The summed E-state index contributed by atoms with van der Waals surface area (Å²) >= 11 is 0. The molecule has 1 heterocycles. The van der Waals surface area contributed by atoms with E-state index in [-0.39, 0.29) is 0 Å². The molecule has 0 N–H and O–H groups in total. The number of oxazole rings is 1. The van der Waals surface area contributed by atoms with Crippen LogP contribution in [0, 0.1) is 6.92 Å². The molecule has 1 aromatic rings. The van der Waals surface area contributed by atoms with Gasteiger partial charge in [0.2, 0.25) is 0 Å². The van der Waals surface area contributed by atoms with E-state index in [4.69, 9.17) is 4.42 Å². The van der Waals surface area contributed by atoms with Crippen molar-refractivity contribution in [3.8, 4) is 0 Å². The van der Waals surface area contributed by atoms with Crippen molar-refractivity contribution in [2.75, 3.05) is 0 Å². The Morgan fingerprint density at radius 1 is 1.33 bits per heavy atom. The van der Waals surface area contributed by atoms with Crippen molar-refractivity contribution in [2.45, 2.75) is 46.5 Å². The number of hydrogen-bond acceptors (Lipinski definition) is 2. The average molecular weight is 167 g/mol. The van der Waals surface area contributed by atoms with E-state index in [2.05, 4.69) is 18.8 Å². The predicted octanol–water partition coefficient (Wildman–Crippen LogP) is 2.89. The Morgan fingerprint density at radius 3 is 2.58 bits per heavy atom. The molecule has 0 saturated carbocycles. The van der Waals surface area contributed by atoms with Crippen molar-refractivity contribution in [1.82, 2.24) is 4.98 Å². The van der Waals surface area contributed by atoms with Crippen molar-refractivity contribution < 1.29 is 4.42 Å². The van der Waals surface area contributed by atoms with Gasteiger partial charge in [-0.05, 0) is 13.3 Å². The van der Waals surface area contributed by atoms with Gasteiger partial charge in [0.25, 0.3) is 0 Å². The van der Waals surface area contributed by atoms with E-state index in [1.54, 1.807) is 0 Å². The van der Waals surface area contributed by atoms with E-state index in [1.165, 1.54) is 12.8 Å². The number of nitrogens with zero attached hydrogens (tertiary/aromatic N) is 1. The van der Waals surface area contributed by atoms with Gasteiger partial charge in [0, 0.05) is 12.8 Å². The second-order valence-electron chi connectivity index (χ2n) is 3.07. The molecular formula is C10H17NO. The molecule has 0 aliphatic heterocycles. The molecule has 0 fully saturated rings. The zero-order chi connectivity index (χ0) is 8.97. The van der Waals surface area contributed by atoms with E-state index in [9.17, 15) is 0 Å². The fraction of sp³-hybridized carbons (Fsp3) is 0.700. The molecule has 0 aliphatic rings. The van der Waals surface area contributed by atoms with Crippen LogP contribution in [-0.4, -0.2) is 4.98 Å². The van der Waals surface area contributed by atoms with E-state index < -0.39 is 0 Å². The highest BCUT2D eigenvalue weighted by Gasteiger charge is 2.06. The average Bonchev–Trinajstić information content (AvgIpc) is 2.43. The topological polar surface area (TPSA) is 26.0 Å². The number of rotatable bonds is 4. The summed E-state index contributed by atoms with van der Waals surface area (Å²) < 4.78 is 5.55. The highest BCUT2D eigenvalue weighted by Crippen LogP contribution is 2.12. The molecular weight excluding hydrogens is 150 g/mol. The first-order valence-electron chi connectivity index (χ1n) is 4.73. The Labute approximate surface area is 74.0 Å². The van der Waals surface area contributed by atoms with E-state index in [1.807, 2.05) is 6.92 Å². The molecule has 2 nitrogen and oxygen atoms in total. The lowest BCUT2D eigenvalue weighted by atomic mass is 10.2. The molecule has 0 aromatic carbocycles. The Kier molecular flexibility index (Phi) is 3.32. The first-order chi connectivity index (χ1) is 5.77. The maximum Gasteiger partial charge on any atom is 0.194 e. The molecule has 0 bridgehead atoms. The van der Waals surface area contributed by atoms with Gasteiger partial charge in [0.1, 0.15) is 5.76 Å². The number of hydrogen-bond donors (Lipinski definition) is 0. The molecule has 0 saturated heterocycles. The SMILES string of the molecule is CCCCc1nc(C)c(CC)o1. The summed E-state index contributed by atoms with van der Waals surface area (Å²) in [5.74, 6) is 1.95. The molecule has 0 amide bonds. The molecule has 0 unspecified atom stereocenters. The van der Waals surface area contributed by atoms with Gasteiger partial charge in [0.15, 0.2) is 5.89 Å². The van der Waals surface area contributed by atoms with Gasteiger partial charge < -0.3 is 4.42 Å². The Morgan fingerprint density at radius 2 is 2.08 bits per heavy atom. The standard InChI is InChI=1S/C10H17NO/c1-4-6-7-10-11-8(3)9(5-2)12-10/h4-7H2,1-3H3. The minimum absolute atomic E-state index is 0.909. The van der Waals surface area contributed by atoms with Crippen LogP contribution in [0.4, 0.5) is 0 Å². The van der Waals surface area contributed by atoms with Crippen LogP contribution in [0.1, 0.15) is 44.0 Å². The van der Waals surface area contributed by atoms with Crippen LogP contribution >= 0.6 is 0 Å². The Hall–Kier alpha value is -0.790. The molecule has 1 aromatic heterocycles. The van der Waals surface area contributed by atoms with Gasteiger partial charge in [-0.3, -0.25) is 0 Å². The molecule has 0 aliphatic carbocycles. The fourth-order valence-electron chi connectivity index (χ4n) is 1.25. The van der Waals surface area contributed by atoms with Gasteiger partial charge >= 0.3 is 0 Å². The third-order valence-electron chi connectivity index (χ3n) is 2.00. The summed E-state index contributed by atoms with van der Waals surface area (Å²) in [5.41, 5.74) is 1.06. The first-order valence-corrected chi connectivity index (χ1v) is 4.73. The Balaban J connectivity index is 2.62. The normalized spacial score (nSPS) is 10.6. The lowest BCUT2D eigenvalue weighted by molar-refractivity contribution is 0.451. The number of aromatic nitrogens is 1. The lowest BCUT2D eigenvalue weighted by Gasteiger charge is -1.90. The van der Waals surface area contributed by atoms with Crippen molar-refractivity contribution in [1.29, 1.82) is 0 Å². The summed E-state index contributed by atoms with van der Waals surface area (Å²) in [4.78, 5) is 4.35. The lowest BCUT2D eigenvalue weighted by Crippen LogP contribution is -1.83. The van der Waals surface area contributed by atoms with Crippen molar-refractivity contribution >= 4 is 0 Å². The summed E-state index contributed by atoms with van der Waals surface area (Å²) in [6, 6.07) is 0. The number of aryl methyl sites for hydroxylation is 3. The van der Waals surface area contributed by atoms with E-state index in [0.29, 0.717) is 0 Å². The van der Waals surface area contributed by atoms with Gasteiger partial charge in [-0.2, -0.15) is 0 Å². The van der Waals surface area contributed by atoms with Gasteiger partial charge in [-0.15, -0.1) is 0 Å². The summed E-state index contributed by atoms with van der Waals surface area (Å²) in [5, 5.41) is 0. The predicted molar refractivity (Wildman–Crippen MR) is 49.2 cm³/mol.